The van der Waals surface area contributed by atoms with Gasteiger partial charge in [0.1, 0.15) is 30.8 Å². The van der Waals surface area contributed by atoms with Crippen molar-refractivity contribution in [2.75, 3.05) is 6.54 Å². The number of carbonyl (C=O) groups excluding carboxylic acids is 1. The van der Waals surface area contributed by atoms with Gasteiger partial charge in [0.25, 0.3) is 0 Å². The van der Waals surface area contributed by atoms with E-state index >= 15 is 0 Å². The summed E-state index contributed by atoms with van der Waals surface area (Å²) in [6.45, 7) is 0.369. The molecule has 0 radical (unpaired) electrons. The molecule has 2 aromatic carbocycles. The third kappa shape index (κ3) is 3.08. The number of nitrogens with one attached hydrogen (secondary N) is 1. The predicted molar refractivity (Wildman–Crippen MR) is 93.2 cm³/mol. The highest BCUT2D eigenvalue weighted by atomic mass is 16.5. The lowest BCUT2D eigenvalue weighted by atomic mass is 10.1. The molecule has 6 heteroatoms. The van der Waals surface area contributed by atoms with Gasteiger partial charge in [-0.1, -0.05) is 30.3 Å². The molecule has 0 aliphatic carbocycles. The van der Waals surface area contributed by atoms with Gasteiger partial charge in [0.2, 0.25) is 5.91 Å². The maximum Gasteiger partial charge on any atom is 0.240 e. The van der Waals surface area contributed by atoms with Crippen LogP contribution in [0.15, 0.2) is 48.5 Å². The molecular weight excluding hydrogens is 318 g/mol. The third-order valence-corrected chi connectivity index (χ3v) is 4.42. The van der Waals surface area contributed by atoms with Gasteiger partial charge in [-0.2, -0.15) is 0 Å². The Morgan fingerprint density at radius 1 is 1.24 bits per heavy atom. The molecule has 0 spiro atoms. The molecule has 1 atom stereocenters. The first-order valence-corrected chi connectivity index (χ1v) is 8.31. The molecule has 6 nitrogen and oxygen atoms in total. The Hall–Kier alpha value is -2.86. The van der Waals surface area contributed by atoms with Crippen LogP contribution in [-0.4, -0.2) is 33.2 Å². The van der Waals surface area contributed by atoms with Crippen LogP contribution in [0.5, 0.6) is 5.75 Å². The first-order valence-electron chi connectivity index (χ1n) is 8.31. The minimum atomic E-state index is -0.205. The van der Waals surface area contributed by atoms with E-state index in [2.05, 4.69) is 10.3 Å². The fourth-order valence-electron chi connectivity index (χ4n) is 3.22. The number of para-hydroxylation sites is 3. The van der Waals surface area contributed by atoms with Crippen LogP contribution >= 0.6 is 0 Å². The van der Waals surface area contributed by atoms with Crippen molar-refractivity contribution in [2.45, 2.75) is 25.7 Å². The lowest BCUT2D eigenvalue weighted by molar-refractivity contribution is -0.122. The van der Waals surface area contributed by atoms with Crippen LogP contribution in [0.3, 0.4) is 0 Å². The highest BCUT2D eigenvalue weighted by Crippen LogP contribution is 2.27. The van der Waals surface area contributed by atoms with Crippen molar-refractivity contribution in [1.29, 1.82) is 0 Å². The number of carbonyl (C=O) groups is 1. The van der Waals surface area contributed by atoms with Gasteiger partial charge in [0.05, 0.1) is 17.6 Å². The molecule has 1 aromatic heterocycles. The molecule has 1 amide bonds. The molecule has 0 saturated heterocycles. The SMILES string of the molecule is O=C(Cn1c(CO)nc2ccccc21)NCC1Cc2ccccc2O1. The number of imidazole rings is 1. The Kier molecular flexibility index (Phi) is 4.11. The standard InChI is InChI=1S/C19H19N3O3/c23-12-18-21-15-6-2-3-7-16(15)22(18)11-19(24)20-10-14-9-13-5-1-4-8-17(13)25-14/h1-8,14,23H,9-12H2,(H,20,24). The number of hydrogen-bond acceptors (Lipinski definition) is 4. The number of aliphatic hydroxyl groups excluding tert-OH is 1. The molecule has 2 N–H and O–H groups in total. The monoisotopic (exact) mass is 337 g/mol. The largest absolute Gasteiger partial charge is 0.488 e. The summed E-state index contributed by atoms with van der Waals surface area (Å²) in [6, 6.07) is 15.5. The molecule has 2 heterocycles. The zero-order valence-electron chi connectivity index (χ0n) is 13.7. The minimum absolute atomic E-state index is 0.0433. The van der Waals surface area contributed by atoms with E-state index in [4.69, 9.17) is 4.74 Å². The number of ether oxygens (including phenoxy) is 1. The summed E-state index contributed by atoms with van der Waals surface area (Å²) in [4.78, 5) is 16.7. The zero-order chi connectivity index (χ0) is 17.2. The molecule has 25 heavy (non-hydrogen) atoms. The van der Waals surface area contributed by atoms with Crippen LogP contribution in [0, 0.1) is 0 Å². The maximum absolute atomic E-state index is 12.4. The number of hydrogen-bond donors (Lipinski definition) is 2. The van der Waals surface area contributed by atoms with Gasteiger partial charge in [0.15, 0.2) is 0 Å². The van der Waals surface area contributed by atoms with E-state index in [-0.39, 0.29) is 25.2 Å². The van der Waals surface area contributed by atoms with Gasteiger partial charge in [-0.15, -0.1) is 0 Å². The molecular formula is C19H19N3O3. The van der Waals surface area contributed by atoms with Crippen molar-refractivity contribution < 1.29 is 14.6 Å². The highest BCUT2D eigenvalue weighted by Gasteiger charge is 2.23. The highest BCUT2D eigenvalue weighted by molar-refractivity contribution is 5.81. The van der Waals surface area contributed by atoms with Crippen LogP contribution < -0.4 is 10.1 Å². The Morgan fingerprint density at radius 3 is 2.88 bits per heavy atom. The average Bonchev–Trinajstić information content (AvgIpc) is 3.21. The first kappa shape index (κ1) is 15.7. The van der Waals surface area contributed by atoms with Crippen molar-refractivity contribution in [3.63, 3.8) is 0 Å². The van der Waals surface area contributed by atoms with Crippen molar-refractivity contribution in [2.24, 2.45) is 0 Å². The number of benzene rings is 2. The van der Waals surface area contributed by atoms with Crippen molar-refractivity contribution >= 4 is 16.9 Å². The smallest absolute Gasteiger partial charge is 0.240 e. The molecule has 128 valence electrons. The number of rotatable bonds is 5. The summed E-state index contributed by atoms with van der Waals surface area (Å²) in [5.41, 5.74) is 2.78. The number of aliphatic hydroxyl groups is 1. The number of amides is 1. The fourth-order valence-corrected chi connectivity index (χ4v) is 3.22. The van der Waals surface area contributed by atoms with Gasteiger partial charge in [0, 0.05) is 6.42 Å². The van der Waals surface area contributed by atoms with Crippen LogP contribution in [0.4, 0.5) is 0 Å². The van der Waals surface area contributed by atoms with Gasteiger partial charge >= 0.3 is 0 Å². The summed E-state index contributed by atoms with van der Waals surface area (Å²) in [5, 5.41) is 12.4. The summed E-state index contributed by atoms with van der Waals surface area (Å²) in [5.74, 6) is 1.25. The maximum atomic E-state index is 12.4. The van der Waals surface area contributed by atoms with Crippen molar-refractivity contribution in [3.8, 4) is 5.75 Å². The normalized spacial score (nSPS) is 15.8. The van der Waals surface area contributed by atoms with Crippen LogP contribution in [0.25, 0.3) is 11.0 Å². The lowest BCUT2D eigenvalue weighted by Gasteiger charge is -2.13. The Balaban J connectivity index is 1.40. The van der Waals surface area contributed by atoms with E-state index in [9.17, 15) is 9.90 Å². The van der Waals surface area contributed by atoms with Gasteiger partial charge < -0.3 is 19.7 Å². The van der Waals surface area contributed by atoms with Gasteiger partial charge in [-0.05, 0) is 23.8 Å². The molecule has 0 bridgehead atoms. The predicted octanol–water partition coefficient (Wildman–Crippen LogP) is 1.65. The second-order valence-corrected chi connectivity index (χ2v) is 6.12. The Labute approximate surface area is 145 Å². The van der Waals surface area contributed by atoms with Crippen LogP contribution in [0.2, 0.25) is 0 Å². The molecule has 3 aromatic rings. The van der Waals surface area contributed by atoms with E-state index in [0.717, 1.165) is 23.2 Å². The third-order valence-electron chi connectivity index (χ3n) is 4.42. The average molecular weight is 337 g/mol. The molecule has 4 rings (SSSR count). The number of fused-ring (bicyclic) bond motifs is 2. The van der Waals surface area contributed by atoms with Gasteiger partial charge in [-0.25, -0.2) is 4.98 Å². The van der Waals surface area contributed by atoms with Crippen LogP contribution in [-0.2, 0) is 24.4 Å². The van der Waals surface area contributed by atoms with E-state index in [1.165, 1.54) is 5.56 Å². The lowest BCUT2D eigenvalue weighted by Crippen LogP contribution is -2.36. The first-order chi connectivity index (χ1) is 12.2. The number of aromatic nitrogens is 2. The van der Waals surface area contributed by atoms with Crippen molar-refractivity contribution in [1.82, 2.24) is 14.9 Å². The summed E-state index contributed by atoms with van der Waals surface area (Å²) in [7, 11) is 0. The van der Waals surface area contributed by atoms with E-state index in [1.54, 1.807) is 4.57 Å². The Morgan fingerprint density at radius 2 is 2.04 bits per heavy atom. The molecule has 1 unspecified atom stereocenters. The van der Waals surface area contributed by atoms with E-state index in [1.807, 2.05) is 48.5 Å². The summed E-state index contributed by atoms with van der Waals surface area (Å²) >= 11 is 0. The second-order valence-electron chi connectivity index (χ2n) is 6.12. The molecule has 1 aliphatic heterocycles. The number of nitrogens with zero attached hydrogens (tertiary/aromatic N) is 2. The molecule has 1 aliphatic rings. The fraction of sp³-hybridized carbons (Fsp3) is 0.263. The summed E-state index contributed by atoms with van der Waals surface area (Å²) in [6.07, 6.45) is 0.755. The van der Waals surface area contributed by atoms with Gasteiger partial charge in [-0.3, -0.25) is 4.79 Å². The topological polar surface area (TPSA) is 76.4 Å². The van der Waals surface area contributed by atoms with Crippen molar-refractivity contribution in [3.05, 3.63) is 59.9 Å². The molecule has 0 fully saturated rings. The molecule has 0 saturated carbocycles. The van der Waals surface area contributed by atoms with E-state index < -0.39 is 0 Å². The zero-order valence-corrected chi connectivity index (χ0v) is 13.7. The minimum Gasteiger partial charge on any atom is -0.488 e. The quantitative estimate of drug-likeness (QED) is 0.742. The Bertz CT molecular complexity index is 894. The van der Waals surface area contributed by atoms with Crippen LogP contribution in [0.1, 0.15) is 11.4 Å². The van der Waals surface area contributed by atoms with E-state index in [0.29, 0.717) is 12.4 Å². The second kappa shape index (κ2) is 6.57. The summed E-state index contributed by atoms with van der Waals surface area (Å²) < 4.78 is 7.58.